The molecule has 1 aliphatic carbocycles. The third-order valence-corrected chi connectivity index (χ3v) is 5.02. The molecule has 1 saturated carbocycles. The van der Waals surface area contributed by atoms with Gasteiger partial charge in [0.2, 0.25) is 0 Å². The number of thioether (sulfide) groups is 1. The van der Waals surface area contributed by atoms with E-state index in [4.69, 9.17) is 4.74 Å². The van der Waals surface area contributed by atoms with Crippen LogP contribution in [0.5, 0.6) is 0 Å². The molecule has 4 nitrogen and oxygen atoms in total. The largest absolute Gasteiger partial charge is 0.378 e. The monoisotopic (exact) mass is 272 g/mol. The Morgan fingerprint density at radius 3 is 2.78 bits per heavy atom. The lowest BCUT2D eigenvalue weighted by Crippen LogP contribution is -2.52. The average molecular weight is 272 g/mol. The van der Waals surface area contributed by atoms with Crippen molar-refractivity contribution in [2.24, 2.45) is 0 Å². The van der Waals surface area contributed by atoms with E-state index in [-0.39, 0.29) is 6.03 Å². The van der Waals surface area contributed by atoms with Gasteiger partial charge in [0.1, 0.15) is 0 Å². The van der Waals surface area contributed by atoms with E-state index in [1.165, 1.54) is 19.3 Å². The lowest BCUT2D eigenvalue weighted by Gasteiger charge is -2.34. The number of carbonyl (C=O) groups excluding carboxylic acids is 1. The van der Waals surface area contributed by atoms with Gasteiger partial charge in [0.15, 0.2) is 0 Å². The van der Waals surface area contributed by atoms with Gasteiger partial charge in [-0.05, 0) is 18.6 Å². The summed E-state index contributed by atoms with van der Waals surface area (Å²) < 4.78 is 5.27. The predicted octanol–water partition coefficient (Wildman–Crippen LogP) is 2.09. The van der Waals surface area contributed by atoms with Crippen LogP contribution in [-0.2, 0) is 4.74 Å². The third kappa shape index (κ3) is 3.79. The number of rotatable bonds is 3. The molecule has 0 aromatic carbocycles. The molecule has 0 spiro atoms. The van der Waals surface area contributed by atoms with Crippen molar-refractivity contribution in [3.8, 4) is 0 Å². The fourth-order valence-electron chi connectivity index (χ4n) is 2.69. The van der Waals surface area contributed by atoms with Crippen LogP contribution >= 0.6 is 11.8 Å². The SMILES string of the molecule is CCSC1CCCCC1NC(=O)N1CCOCC1. The van der Waals surface area contributed by atoms with Crippen LogP contribution in [0.3, 0.4) is 0 Å². The summed E-state index contributed by atoms with van der Waals surface area (Å²) in [5, 5.41) is 3.84. The third-order valence-electron chi connectivity index (χ3n) is 3.69. The van der Waals surface area contributed by atoms with Crippen molar-refractivity contribution in [3.05, 3.63) is 0 Å². The first-order valence-electron chi connectivity index (χ1n) is 7.06. The van der Waals surface area contributed by atoms with E-state index in [1.54, 1.807) is 0 Å². The quantitative estimate of drug-likeness (QED) is 0.855. The van der Waals surface area contributed by atoms with E-state index in [0.29, 0.717) is 24.5 Å². The summed E-state index contributed by atoms with van der Waals surface area (Å²) in [6.45, 7) is 4.99. The molecule has 0 aromatic heterocycles. The van der Waals surface area contributed by atoms with Gasteiger partial charge in [-0.3, -0.25) is 0 Å². The zero-order valence-corrected chi connectivity index (χ0v) is 12.0. The summed E-state index contributed by atoms with van der Waals surface area (Å²) >= 11 is 1.99. The van der Waals surface area contributed by atoms with E-state index in [0.717, 1.165) is 25.3 Å². The summed E-state index contributed by atoms with van der Waals surface area (Å²) in [6.07, 6.45) is 4.93. The molecule has 1 aliphatic heterocycles. The molecule has 0 aromatic rings. The highest BCUT2D eigenvalue weighted by atomic mass is 32.2. The van der Waals surface area contributed by atoms with Gasteiger partial charge in [0, 0.05) is 24.4 Å². The molecule has 1 saturated heterocycles. The highest BCUT2D eigenvalue weighted by Crippen LogP contribution is 2.28. The van der Waals surface area contributed by atoms with Crippen molar-refractivity contribution in [1.29, 1.82) is 0 Å². The van der Waals surface area contributed by atoms with Gasteiger partial charge in [-0.25, -0.2) is 4.79 Å². The molecule has 2 rings (SSSR count). The molecule has 18 heavy (non-hydrogen) atoms. The minimum Gasteiger partial charge on any atom is -0.378 e. The van der Waals surface area contributed by atoms with E-state index in [2.05, 4.69) is 12.2 Å². The molecule has 2 fully saturated rings. The number of ether oxygens (including phenoxy) is 1. The zero-order valence-electron chi connectivity index (χ0n) is 11.2. The lowest BCUT2D eigenvalue weighted by molar-refractivity contribution is 0.0522. The van der Waals surface area contributed by atoms with Crippen LogP contribution in [0.25, 0.3) is 0 Å². The van der Waals surface area contributed by atoms with Gasteiger partial charge in [-0.2, -0.15) is 11.8 Å². The molecule has 0 radical (unpaired) electrons. The molecule has 2 amide bonds. The number of urea groups is 1. The van der Waals surface area contributed by atoms with Crippen LogP contribution < -0.4 is 5.32 Å². The standard InChI is InChI=1S/C13H24N2O2S/c1-2-18-12-6-4-3-5-11(12)14-13(16)15-7-9-17-10-8-15/h11-12H,2-10H2,1H3,(H,14,16). The summed E-state index contributed by atoms with van der Waals surface area (Å²) in [7, 11) is 0. The Morgan fingerprint density at radius 2 is 2.06 bits per heavy atom. The highest BCUT2D eigenvalue weighted by molar-refractivity contribution is 7.99. The predicted molar refractivity (Wildman–Crippen MR) is 75.1 cm³/mol. The zero-order chi connectivity index (χ0) is 12.8. The number of nitrogens with zero attached hydrogens (tertiary/aromatic N) is 1. The Labute approximate surface area is 114 Å². The van der Waals surface area contributed by atoms with E-state index in [9.17, 15) is 4.79 Å². The first-order valence-corrected chi connectivity index (χ1v) is 8.11. The van der Waals surface area contributed by atoms with E-state index < -0.39 is 0 Å². The second-order valence-electron chi connectivity index (χ2n) is 4.93. The van der Waals surface area contributed by atoms with Crippen molar-refractivity contribution in [2.75, 3.05) is 32.1 Å². The van der Waals surface area contributed by atoms with Crippen LogP contribution in [0.2, 0.25) is 0 Å². The van der Waals surface area contributed by atoms with Crippen LogP contribution in [0.1, 0.15) is 32.6 Å². The number of hydrogen-bond donors (Lipinski definition) is 1. The minimum absolute atomic E-state index is 0.104. The number of amides is 2. The fourth-order valence-corrected chi connectivity index (χ4v) is 3.89. The molecule has 2 aliphatic rings. The van der Waals surface area contributed by atoms with Gasteiger partial charge in [-0.15, -0.1) is 0 Å². The first kappa shape index (κ1) is 14.0. The smallest absolute Gasteiger partial charge is 0.317 e. The fraction of sp³-hybridized carbons (Fsp3) is 0.923. The minimum atomic E-state index is 0.104. The second kappa shape index (κ2) is 7.24. The topological polar surface area (TPSA) is 41.6 Å². The van der Waals surface area contributed by atoms with Gasteiger partial charge < -0.3 is 15.0 Å². The molecule has 1 N–H and O–H groups in total. The van der Waals surface area contributed by atoms with Gasteiger partial charge in [-0.1, -0.05) is 19.8 Å². The number of morpholine rings is 1. The summed E-state index contributed by atoms with van der Waals surface area (Å²) in [6, 6.07) is 0.464. The van der Waals surface area contributed by atoms with Crippen LogP contribution in [0.15, 0.2) is 0 Å². The Morgan fingerprint density at radius 1 is 1.33 bits per heavy atom. The Kier molecular flexibility index (Phi) is 5.63. The summed E-state index contributed by atoms with van der Waals surface area (Å²) in [5.41, 5.74) is 0. The Hall–Kier alpha value is -0.420. The van der Waals surface area contributed by atoms with Crippen molar-refractivity contribution in [1.82, 2.24) is 10.2 Å². The van der Waals surface area contributed by atoms with Crippen molar-refractivity contribution in [3.63, 3.8) is 0 Å². The van der Waals surface area contributed by atoms with Crippen LogP contribution in [0, 0.1) is 0 Å². The first-order chi connectivity index (χ1) is 8.81. The lowest BCUT2D eigenvalue weighted by atomic mass is 9.95. The average Bonchev–Trinajstić information content (AvgIpc) is 2.42. The maximum Gasteiger partial charge on any atom is 0.317 e. The van der Waals surface area contributed by atoms with Gasteiger partial charge in [0.05, 0.1) is 13.2 Å². The van der Waals surface area contributed by atoms with Crippen molar-refractivity contribution in [2.45, 2.75) is 43.9 Å². The second-order valence-corrected chi connectivity index (χ2v) is 6.45. The summed E-state index contributed by atoms with van der Waals surface area (Å²) in [4.78, 5) is 14.0. The van der Waals surface area contributed by atoms with Crippen molar-refractivity contribution < 1.29 is 9.53 Å². The van der Waals surface area contributed by atoms with Crippen molar-refractivity contribution >= 4 is 17.8 Å². The van der Waals surface area contributed by atoms with E-state index >= 15 is 0 Å². The van der Waals surface area contributed by atoms with Gasteiger partial charge >= 0.3 is 6.03 Å². The van der Waals surface area contributed by atoms with Crippen LogP contribution in [-0.4, -0.2) is 54.3 Å². The normalized spacial score (nSPS) is 29.1. The molecule has 2 unspecified atom stereocenters. The molecule has 5 heteroatoms. The molecular weight excluding hydrogens is 248 g/mol. The van der Waals surface area contributed by atoms with Gasteiger partial charge in [0.25, 0.3) is 0 Å². The van der Waals surface area contributed by atoms with E-state index in [1.807, 2.05) is 16.7 Å². The maximum absolute atomic E-state index is 12.2. The molecule has 0 bridgehead atoms. The van der Waals surface area contributed by atoms with Crippen LogP contribution in [0.4, 0.5) is 4.79 Å². The Bertz CT molecular complexity index is 268. The highest BCUT2D eigenvalue weighted by Gasteiger charge is 2.28. The molecular formula is C13H24N2O2S. The maximum atomic E-state index is 12.2. The molecule has 2 atom stereocenters. The molecule has 1 heterocycles. The Balaban J connectivity index is 1.83. The number of hydrogen-bond acceptors (Lipinski definition) is 3. The summed E-state index contributed by atoms with van der Waals surface area (Å²) in [5.74, 6) is 1.13. The molecule has 104 valence electrons. The number of carbonyl (C=O) groups is 1. The number of nitrogens with one attached hydrogen (secondary N) is 1.